The van der Waals surface area contributed by atoms with E-state index in [-0.39, 0.29) is 11.8 Å². The summed E-state index contributed by atoms with van der Waals surface area (Å²) < 4.78 is 10.5. The number of nitrogens with zero attached hydrogens (tertiary/aromatic N) is 1. The molecule has 1 rings (SSSR count). The van der Waals surface area contributed by atoms with E-state index in [0.717, 1.165) is 11.4 Å². The quantitative estimate of drug-likeness (QED) is 0.205. The molecule has 0 saturated carbocycles. The molecule has 2 amide bonds. The van der Waals surface area contributed by atoms with E-state index in [2.05, 4.69) is 372 Å². The van der Waals surface area contributed by atoms with Gasteiger partial charge in [0.25, 0.3) is 11.8 Å². The fraction of sp³-hybridized carbons (Fsp3) is 0.120. The van der Waals surface area contributed by atoms with Crippen molar-refractivity contribution in [3.05, 3.63) is 12.2 Å². The highest BCUT2D eigenvalue weighted by molar-refractivity contribution is 6.12. The SMILES string of the molecule is CC#CC#CC#CC#CC#CC#CC#CC#CC#CC#CC#CC#CC#CC#CC#CC#CC#CC#CC#CC#CC#CC#CC#CC#CC#CC#CC#CC#CC#CC#CC#CC.CNCCOCCOCCN1C(=O)C=CC1=O. The van der Waals surface area contributed by atoms with Crippen LogP contribution in [0.2, 0.25) is 0 Å². The molecule has 6 nitrogen and oxygen atoms in total. The summed E-state index contributed by atoms with van der Waals surface area (Å²) in [6.07, 6.45) is 2.53. The van der Waals surface area contributed by atoms with Gasteiger partial charge in [-0.2, -0.15) is 0 Å². The molecule has 0 aromatic rings. The van der Waals surface area contributed by atoms with Gasteiger partial charge in [-0.05, 0) is 116 Å². The van der Waals surface area contributed by atoms with E-state index in [9.17, 15) is 9.59 Å². The third-order valence-electron chi connectivity index (χ3n) is 6.17. The lowest BCUT2D eigenvalue weighted by Crippen LogP contribution is -2.33. The Morgan fingerprint density at radius 3 is 0.593 bits per heavy atom. The van der Waals surface area contributed by atoms with Crippen LogP contribution < -0.4 is 5.32 Å². The second kappa shape index (κ2) is 59.4. The molecular formula is C75H24N2O4. The van der Waals surface area contributed by atoms with Gasteiger partial charge in [-0.3, -0.25) is 14.5 Å². The normalized spacial score (nSPS) is 6.28. The molecule has 1 aliphatic heterocycles. The standard InChI is InChI=1S/C64H6.C11H18N2O4/c1-3-5-7-9-11-13-15-17-19-21-23-25-27-29-31-33-35-37-39-41-43-45-47-49-51-53-55-57-59-61-63-64-62-60-58-56-54-52-50-48-46-44-42-40-38-36-34-32-30-28-26-24-22-20-18-16-14-12-10-8-6-4-2;1-12-4-6-16-8-9-17-7-5-13-10(14)2-3-11(13)15/h1-2H3;2-3,12H,4-9H2,1H3. The van der Waals surface area contributed by atoms with Gasteiger partial charge in [0.2, 0.25) is 0 Å². The molecule has 6 heteroatoms. The summed E-state index contributed by atoms with van der Waals surface area (Å²) in [7, 11) is 1.86. The van der Waals surface area contributed by atoms with Crippen molar-refractivity contribution in [2.24, 2.45) is 0 Å². The van der Waals surface area contributed by atoms with Crippen LogP contribution in [0.3, 0.4) is 0 Å². The highest BCUT2D eigenvalue weighted by Gasteiger charge is 2.22. The zero-order valence-electron chi connectivity index (χ0n) is 43.0. The second-order valence-electron chi connectivity index (χ2n) is 11.5. The minimum Gasteiger partial charge on any atom is -0.378 e. The van der Waals surface area contributed by atoms with E-state index >= 15 is 0 Å². The highest BCUT2D eigenvalue weighted by Crippen LogP contribution is 2.02. The topological polar surface area (TPSA) is 67.9 Å². The first-order valence-electron chi connectivity index (χ1n) is 21.8. The summed E-state index contributed by atoms with van der Waals surface area (Å²) >= 11 is 0. The van der Waals surface area contributed by atoms with E-state index in [1.807, 2.05) is 7.05 Å². The average molecular weight is 1020 g/mol. The van der Waals surface area contributed by atoms with Crippen LogP contribution in [0.25, 0.3) is 0 Å². The number of rotatable bonds is 9. The summed E-state index contributed by atoms with van der Waals surface area (Å²) in [4.78, 5) is 23.5. The number of hydrogen-bond donors (Lipinski definition) is 1. The average Bonchev–Trinajstić information content (AvgIpc) is 3.82. The molecule has 81 heavy (non-hydrogen) atoms. The summed E-state index contributed by atoms with van der Waals surface area (Å²) in [6, 6.07) is 0. The van der Waals surface area contributed by atoms with Crippen molar-refractivity contribution in [3.63, 3.8) is 0 Å². The summed E-state index contributed by atoms with van der Waals surface area (Å²) in [6.45, 7) is 6.44. The monoisotopic (exact) mass is 1020 g/mol. The highest BCUT2D eigenvalue weighted by atomic mass is 16.5. The molecule has 0 fully saturated rings. The van der Waals surface area contributed by atoms with Crippen molar-refractivity contribution < 1.29 is 19.1 Å². The number of ether oxygens (including phenoxy) is 2. The molecule has 0 unspecified atom stereocenters. The predicted octanol–water partition coefficient (Wildman–Crippen LogP) is 0.296. The molecular weight excluding hydrogens is 993 g/mol. The Kier molecular flexibility index (Phi) is 48.5. The van der Waals surface area contributed by atoms with Crippen LogP contribution in [0, 0.1) is 367 Å². The van der Waals surface area contributed by atoms with Crippen molar-refractivity contribution in [3.8, 4) is 367 Å². The lowest BCUT2D eigenvalue weighted by molar-refractivity contribution is -0.137. The molecule has 0 spiro atoms. The van der Waals surface area contributed by atoms with Crippen LogP contribution in [-0.4, -0.2) is 63.3 Å². The number of likely N-dealkylation sites (N-methyl/N-ethyl adjacent to an activating group) is 1. The Bertz CT molecular complexity index is 4380. The van der Waals surface area contributed by atoms with E-state index < -0.39 is 0 Å². The van der Waals surface area contributed by atoms with Gasteiger partial charge in [0, 0.05) is 279 Å². The fourth-order valence-electron chi connectivity index (χ4n) is 3.24. The third kappa shape index (κ3) is 54.3. The Balaban J connectivity index is 0.00000318. The first-order chi connectivity index (χ1) is 40.2. The molecule has 0 aromatic carbocycles. The van der Waals surface area contributed by atoms with E-state index in [4.69, 9.17) is 9.47 Å². The van der Waals surface area contributed by atoms with Gasteiger partial charge in [-0.1, -0.05) is 11.8 Å². The van der Waals surface area contributed by atoms with Crippen LogP contribution in [0.1, 0.15) is 13.8 Å². The van der Waals surface area contributed by atoms with Gasteiger partial charge in [-0.25, -0.2) is 0 Å². The van der Waals surface area contributed by atoms with Crippen LogP contribution in [0.15, 0.2) is 12.2 Å². The number of amides is 2. The largest absolute Gasteiger partial charge is 0.378 e. The first-order valence-corrected chi connectivity index (χ1v) is 21.8. The molecule has 0 saturated heterocycles. The lowest BCUT2D eigenvalue weighted by Gasteiger charge is -2.13. The van der Waals surface area contributed by atoms with Gasteiger partial charge < -0.3 is 14.8 Å². The predicted molar refractivity (Wildman–Crippen MR) is 314 cm³/mol. The Hall–Kier alpha value is -14.9. The zero-order valence-corrected chi connectivity index (χ0v) is 43.0. The molecule has 0 aromatic heterocycles. The molecule has 1 N–H and O–H groups in total. The number of carbonyl (C=O) groups excluding carboxylic acids is 2. The number of nitrogens with one attached hydrogen (secondary N) is 1. The Morgan fingerprint density at radius 2 is 0.432 bits per heavy atom. The molecule has 0 aliphatic carbocycles. The minimum absolute atomic E-state index is 0.274. The molecule has 0 bridgehead atoms. The number of carbonyl (C=O) groups is 2. The smallest absolute Gasteiger partial charge is 0.253 e. The zero-order chi connectivity index (χ0) is 58.4. The molecule has 1 aliphatic rings. The Labute approximate surface area is 478 Å². The van der Waals surface area contributed by atoms with Crippen LogP contribution in [-0.2, 0) is 19.1 Å². The van der Waals surface area contributed by atoms with Crippen molar-refractivity contribution in [2.45, 2.75) is 13.8 Å². The third-order valence-corrected chi connectivity index (χ3v) is 6.17. The van der Waals surface area contributed by atoms with Crippen LogP contribution in [0.4, 0.5) is 0 Å². The van der Waals surface area contributed by atoms with Crippen molar-refractivity contribution >= 4 is 11.8 Å². The maximum Gasteiger partial charge on any atom is 0.253 e. The Morgan fingerprint density at radius 1 is 0.272 bits per heavy atom. The molecule has 0 radical (unpaired) electrons. The van der Waals surface area contributed by atoms with Gasteiger partial charge >= 0.3 is 0 Å². The van der Waals surface area contributed by atoms with Gasteiger partial charge in [-0.15, -0.1) is 0 Å². The maximum absolute atomic E-state index is 11.2. The van der Waals surface area contributed by atoms with Crippen molar-refractivity contribution in [2.75, 3.05) is 46.6 Å². The molecule has 1 heterocycles. The van der Waals surface area contributed by atoms with Gasteiger partial charge in [0.05, 0.1) is 33.0 Å². The van der Waals surface area contributed by atoms with E-state index in [1.54, 1.807) is 13.8 Å². The maximum atomic E-state index is 11.2. The molecule has 0 atom stereocenters. The van der Waals surface area contributed by atoms with Gasteiger partial charge in [0.1, 0.15) is 0 Å². The summed E-state index contributed by atoms with van der Waals surface area (Å²) in [5.41, 5.74) is 0. The van der Waals surface area contributed by atoms with Crippen molar-refractivity contribution in [1.82, 2.24) is 10.2 Å². The van der Waals surface area contributed by atoms with E-state index in [0.29, 0.717) is 33.0 Å². The number of hydrogen-bond acceptors (Lipinski definition) is 5. The lowest BCUT2D eigenvalue weighted by atomic mass is 10.4. The number of imide groups is 1. The van der Waals surface area contributed by atoms with Gasteiger partial charge in [0.15, 0.2) is 0 Å². The van der Waals surface area contributed by atoms with E-state index in [1.165, 1.54) is 12.2 Å². The second-order valence-corrected chi connectivity index (χ2v) is 11.5. The summed E-state index contributed by atoms with van der Waals surface area (Å²) in [5.74, 6) is 155. The minimum atomic E-state index is -0.274. The first kappa shape index (κ1) is 66.1. The molecule has 358 valence electrons. The van der Waals surface area contributed by atoms with Crippen LogP contribution >= 0.6 is 0 Å². The summed E-state index contributed by atoms with van der Waals surface area (Å²) in [5, 5.41) is 2.96. The fourth-order valence-corrected chi connectivity index (χ4v) is 3.24. The van der Waals surface area contributed by atoms with Crippen LogP contribution in [0.5, 0.6) is 0 Å². The van der Waals surface area contributed by atoms with Crippen molar-refractivity contribution in [1.29, 1.82) is 0 Å².